The first-order valence-corrected chi connectivity index (χ1v) is 6.34. The van der Waals surface area contributed by atoms with Crippen LogP contribution in [0.4, 0.5) is 18.9 Å². The van der Waals surface area contributed by atoms with E-state index >= 15 is 0 Å². The average molecular weight is 347 g/mol. The fourth-order valence-electron chi connectivity index (χ4n) is 1.62. The van der Waals surface area contributed by atoms with Crippen LogP contribution in [0.1, 0.15) is 11.1 Å². The summed E-state index contributed by atoms with van der Waals surface area (Å²) in [5.41, 5.74) is 5.63. The molecule has 20 heavy (non-hydrogen) atoms. The van der Waals surface area contributed by atoms with Crippen molar-refractivity contribution in [1.82, 2.24) is 4.98 Å². The van der Waals surface area contributed by atoms with Crippen LogP contribution in [0.15, 0.2) is 34.9 Å². The van der Waals surface area contributed by atoms with Crippen molar-refractivity contribution in [2.24, 2.45) is 0 Å². The van der Waals surface area contributed by atoms with Gasteiger partial charge in [0.25, 0.3) is 0 Å². The van der Waals surface area contributed by atoms with Crippen LogP contribution in [0.2, 0.25) is 0 Å². The highest BCUT2D eigenvalue weighted by molar-refractivity contribution is 9.10. The molecule has 1 aromatic carbocycles. The lowest BCUT2D eigenvalue weighted by atomic mass is 10.2. The predicted octanol–water partition coefficient (Wildman–Crippen LogP) is 4.55. The smallest absolute Gasteiger partial charge is 0.421 e. The van der Waals surface area contributed by atoms with Gasteiger partial charge < -0.3 is 10.5 Å². The molecule has 0 saturated carbocycles. The highest BCUT2D eigenvalue weighted by Gasteiger charge is 2.36. The molecule has 0 aliphatic heterocycles. The van der Waals surface area contributed by atoms with E-state index in [4.69, 9.17) is 10.5 Å². The zero-order valence-electron chi connectivity index (χ0n) is 10.3. The Bertz CT molecular complexity index is 624. The zero-order valence-corrected chi connectivity index (χ0v) is 11.9. The number of nitrogens with zero attached hydrogens (tertiary/aromatic N) is 1. The lowest BCUT2D eigenvalue weighted by molar-refractivity contribution is -0.138. The third kappa shape index (κ3) is 3.04. The number of benzene rings is 1. The van der Waals surface area contributed by atoms with E-state index in [1.165, 1.54) is 6.20 Å². The summed E-state index contributed by atoms with van der Waals surface area (Å²) in [6.07, 6.45) is -3.33. The monoisotopic (exact) mass is 346 g/mol. The number of hydrogen-bond acceptors (Lipinski definition) is 3. The van der Waals surface area contributed by atoms with E-state index in [0.717, 1.165) is 6.07 Å². The van der Waals surface area contributed by atoms with Crippen LogP contribution in [0.5, 0.6) is 11.6 Å². The Labute approximate surface area is 121 Å². The number of aromatic nitrogens is 1. The molecule has 2 aromatic rings. The van der Waals surface area contributed by atoms with Gasteiger partial charge in [-0.2, -0.15) is 13.2 Å². The van der Waals surface area contributed by atoms with Gasteiger partial charge in [0.15, 0.2) is 5.75 Å². The number of rotatable bonds is 2. The molecule has 1 aromatic heterocycles. The van der Waals surface area contributed by atoms with Crippen LogP contribution in [0.3, 0.4) is 0 Å². The van der Waals surface area contributed by atoms with Gasteiger partial charge in [0.05, 0.1) is 5.69 Å². The maximum Gasteiger partial charge on any atom is 0.421 e. The van der Waals surface area contributed by atoms with E-state index in [9.17, 15) is 13.2 Å². The molecule has 2 N–H and O–H groups in total. The van der Waals surface area contributed by atoms with Crippen molar-refractivity contribution in [2.75, 3.05) is 5.73 Å². The van der Waals surface area contributed by atoms with Crippen molar-refractivity contribution >= 4 is 21.6 Å². The van der Waals surface area contributed by atoms with Gasteiger partial charge in [-0.15, -0.1) is 0 Å². The normalized spacial score (nSPS) is 11.4. The van der Waals surface area contributed by atoms with Gasteiger partial charge in [-0.25, -0.2) is 4.98 Å². The third-order valence-electron chi connectivity index (χ3n) is 2.56. The minimum atomic E-state index is -4.57. The van der Waals surface area contributed by atoms with Crippen LogP contribution in [0, 0.1) is 6.92 Å². The SMILES string of the molecule is Cc1cccc(N)c1Oc1ncc(Br)cc1C(F)(F)F. The maximum absolute atomic E-state index is 13.0. The summed E-state index contributed by atoms with van der Waals surface area (Å²) >= 11 is 2.96. The molecule has 0 aliphatic rings. The number of halogens is 4. The zero-order chi connectivity index (χ0) is 14.9. The molecule has 3 nitrogen and oxygen atoms in total. The van der Waals surface area contributed by atoms with Crippen LogP contribution in [0.25, 0.3) is 0 Å². The van der Waals surface area contributed by atoms with Crippen molar-refractivity contribution in [3.8, 4) is 11.6 Å². The number of anilines is 1. The van der Waals surface area contributed by atoms with Crippen LogP contribution >= 0.6 is 15.9 Å². The molecule has 0 unspecified atom stereocenters. The molecule has 0 spiro atoms. The Morgan fingerprint density at radius 1 is 1.30 bits per heavy atom. The second-order valence-corrected chi connectivity index (χ2v) is 5.02. The lowest BCUT2D eigenvalue weighted by Crippen LogP contribution is -2.09. The van der Waals surface area contributed by atoms with Gasteiger partial charge in [0.2, 0.25) is 5.88 Å². The molecule has 0 fully saturated rings. The number of nitrogen functional groups attached to an aromatic ring is 1. The van der Waals surface area contributed by atoms with Crippen LogP contribution in [-0.2, 0) is 6.18 Å². The third-order valence-corrected chi connectivity index (χ3v) is 3.00. The number of alkyl halides is 3. The molecule has 2 rings (SSSR count). The summed E-state index contributed by atoms with van der Waals surface area (Å²) in [6.45, 7) is 1.69. The Morgan fingerprint density at radius 2 is 2.00 bits per heavy atom. The largest absolute Gasteiger partial charge is 0.436 e. The highest BCUT2D eigenvalue weighted by Crippen LogP contribution is 2.39. The van der Waals surface area contributed by atoms with Gasteiger partial charge in [-0.3, -0.25) is 0 Å². The van der Waals surface area contributed by atoms with Gasteiger partial charge in [0.1, 0.15) is 5.56 Å². The molecular weight excluding hydrogens is 337 g/mol. The molecule has 0 saturated heterocycles. The fourth-order valence-corrected chi connectivity index (χ4v) is 1.95. The van der Waals surface area contributed by atoms with Crippen molar-refractivity contribution in [3.05, 3.63) is 46.1 Å². The quantitative estimate of drug-likeness (QED) is 0.811. The Kier molecular flexibility index (Phi) is 3.89. The van der Waals surface area contributed by atoms with Crippen molar-refractivity contribution < 1.29 is 17.9 Å². The van der Waals surface area contributed by atoms with Crippen LogP contribution < -0.4 is 10.5 Å². The lowest BCUT2D eigenvalue weighted by Gasteiger charge is -2.15. The van der Waals surface area contributed by atoms with E-state index < -0.39 is 17.6 Å². The fraction of sp³-hybridized carbons (Fsp3) is 0.154. The minimum absolute atomic E-state index is 0.174. The predicted molar refractivity (Wildman–Crippen MR) is 72.6 cm³/mol. The molecule has 0 amide bonds. The molecule has 0 aliphatic carbocycles. The van der Waals surface area contributed by atoms with Gasteiger partial charge in [-0.1, -0.05) is 12.1 Å². The van der Waals surface area contributed by atoms with Crippen molar-refractivity contribution in [1.29, 1.82) is 0 Å². The Morgan fingerprint density at radius 3 is 2.60 bits per heavy atom. The average Bonchev–Trinajstić information content (AvgIpc) is 2.34. The van der Waals surface area contributed by atoms with Crippen molar-refractivity contribution in [3.63, 3.8) is 0 Å². The molecule has 106 valence electrons. The number of hydrogen-bond donors (Lipinski definition) is 1. The molecule has 7 heteroatoms. The first-order valence-electron chi connectivity index (χ1n) is 5.54. The van der Waals surface area contributed by atoms with Gasteiger partial charge in [0, 0.05) is 10.7 Å². The van der Waals surface area contributed by atoms with E-state index in [1.807, 2.05) is 0 Å². The topological polar surface area (TPSA) is 48.1 Å². The van der Waals surface area contributed by atoms with Gasteiger partial charge in [-0.05, 0) is 40.5 Å². The first kappa shape index (κ1) is 14.6. The van der Waals surface area contributed by atoms with E-state index in [0.29, 0.717) is 5.56 Å². The molecule has 0 radical (unpaired) electrons. The standard InChI is InChI=1S/C13H10BrF3N2O/c1-7-3-2-4-10(18)11(7)20-12-9(13(15,16)17)5-8(14)6-19-12/h2-6H,18H2,1H3. The van der Waals surface area contributed by atoms with Crippen molar-refractivity contribution in [2.45, 2.75) is 13.1 Å². The second-order valence-electron chi connectivity index (χ2n) is 4.10. The summed E-state index contributed by atoms with van der Waals surface area (Å²) in [5, 5.41) is 0. The number of pyridine rings is 1. The maximum atomic E-state index is 13.0. The summed E-state index contributed by atoms with van der Waals surface area (Å²) in [7, 11) is 0. The van der Waals surface area contributed by atoms with Gasteiger partial charge >= 0.3 is 6.18 Å². The minimum Gasteiger partial charge on any atom is -0.436 e. The summed E-state index contributed by atoms with van der Waals surface area (Å²) in [4.78, 5) is 3.68. The molecule has 1 heterocycles. The molecular formula is C13H10BrF3N2O. The van der Waals surface area contributed by atoms with Crippen LogP contribution in [-0.4, -0.2) is 4.98 Å². The van der Waals surface area contributed by atoms with E-state index in [-0.39, 0.29) is 15.9 Å². The second kappa shape index (κ2) is 5.32. The first-order chi connectivity index (χ1) is 9.29. The number of ether oxygens (including phenoxy) is 1. The Hall–Kier alpha value is -1.76. The van der Waals surface area contributed by atoms with E-state index in [2.05, 4.69) is 20.9 Å². The molecule has 0 bridgehead atoms. The Balaban J connectivity index is 2.49. The summed E-state index contributed by atoms with van der Waals surface area (Å²) in [5.74, 6) is -0.352. The number of nitrogens with two attached hydrogens (primary N) is 1. The van der Waals surface area contributed by atoms with E-state index in [1.54, 1.807) is 25.1 Å². The highest BCUT2D eigenvalue weighted by atomic mass is 79.9. The summed E-state index contributed by atoms with van der Waals surface area (Å²) in [6, 6.07) is 5.85. The number of aryl methyl sites for hydroxylation is 1. The summed E-state index contributed by atoms with van der Waals surface area (Å²) < 4.78 is 44.4. The molecule has 0 atom stereocenters. The number of para-hydroxylation sites is 1.